The van der Waals surface area contributed by atoms with Crippen LogP contribution in [0.25, 0.3) is 0 Å². The van der Waals surface area contributed by atoms with Gasteiger partial charge in [-0.1, -0.05) is 6.92 Å². The lowest BCUT2D eigenvalue weighted by atomic mass is 10.0. The zero-order valence-electron chi connectivity index (χ0n) is 11.3. The second-order valence-electron chi connectivity index (χ2n) is 4.77. The van der Waals surface area contributed by atoms with Crippen molar-refractivity contribution in [2.24, 2.45) is 5.92 Å². The van der Waals surface area contributed by atoms with Gasteiger partial charge in [-0.15, -0.1) is 0 Å². The van der Waals surface area contributed by atoms with Crippen molar-refractivity contribution in [3.8, 4) is 0 Å². The maximum atomic E-state index is 11.8. The van der Waals surface area contributed by atoms with Crippen molar-refractivity contribution in [3.63, 3.8) is 0 Å². The van der Waals surface area contributed by atoms with Gasteiger partial charge in [-0.25, -0.2) is 0 Å². The number of hydrogen-bond acceptors (Lipinski definition) is 3. The van der Waals surface area contributed by atoms with Crippen LogP contribution in [0.4, 0.5) is 0 Å². The van der Waals surface area contributed by atoms with Gasteiger partial charge in [0.1, 0.15) is 0 Å². The Hall–Kier alpha value is -1.91. The van der Waals surface area contributed by atoms with Crippen LogP contribution in [0.15, 0.2) is 18.3 Å². The fourth-order valence-corrected chi connectivity index (χ4v) is 1.65. The lowest BCUT2D eigenvalue weighted by molar-refractivity contribution is -0.137. The van der Waals surface area contributed by atoms with Gasteiger partial charge in [-0.05, 0) is 37.8 Å². The highest BCUT2D eigenvalue weighted by Crippen LogP contribution is 2.09. The predicted octanol–water partition coefficient (Wildman–Crippen LogP) is 2.01. The maximum Gasteiger partial charge on any atom is 0.303 e. The number of pyridine rings is 1. The third kappa shape index (κ3) is 5.99. The largest absolute Gasteiger partial charge is 0.481 e. The molecule has 0 fully saturated rings. The van der Waals surface area contributed by atoms with Crippen molar-refractivity contribution in [3.05, 3.63) is 29.6 Å². The van der Waals surface area contributed by atoms with Gasteiger partial charge in [0, 0.05) is 24.9 Å². The maximum absolute atomic E-state index is 11.8. The topological polar surface area (TPSA) is 79.3 Å². The number of amides is 1. The van der Waals surface area contributed by atoms with Crippen LogP contribution in [0.1, 0.15) is 42.2 Å². The molecule has 0 radical (unpaired) electrons. The zero-order valence-corrected chi connectivity index (χ0v) is 11.3. The Balaban J connectivity index is 2.27. The van der Waals surface area contributed by atoms with E-state index in [1.54, 1.807) is 18.3 Å². The SMILES string of the molecule is Cc1ccc(C(=O)NCCC(C)CCC(=O)O)cn1. The summed E-state index contributed by atoms with van der Waals surface area (Å²) in [6.07, 6.45) is 3.14. The number of rotatable bonds is 7. The van der Waals surface area contributed by atoms with Gasteiger partial charge in [0.25, 0.3) is 5.91 Å². The number of nitrogens with zero attached hydrogens (tertiary/aromatic N) is 1. The number of carboxylic acid groups (broad SMARTS) is 1. The molecule has 0 aliphatic rings. The lowest BCUT2D eigenvalue weighted by Gasteiger charge is -2.10. The minimum absolute atomic E-state index is 0.141. The van der Waals surface area contributed by atoms with E-state index in [-0.39, 0.29) is 18.2 Å². The van der Waals surface area contributed by atoms with Crippen LogP contribution < -0.4 is 5.32 Å². The Kier molecular flexibility index (Phi) is 5.99. The van der Waals surface area contributed by atoms with Gasteiger partial charge in [0.2, 0.25) is 0 Å². The van der Waals surface area contributed by atoms with Crippen molar-refractivity contribution in [1.29, 1.82) is 0 Å². The molecule has 0 saturated heterocycles. The molecule has 0 aromatic carbocycles. The smallest absolute Gasteiger partial charge is 0.303 e. The van der Waals surface area contributed by atoms with Crippen LogP contribution in [0.2, 0.25) is 0 Å². The zero-order chi connectivity index (χ0) is 14.3. The van der Waals surface area contributed by atoms with E-state index in [4.69, 9.17) is 5.11 Å². The summed E-state index contributed by atoms with van der Waals surface area (Å²) in [6, 6.07) is 3.54. The first-order valence-electron chi connectivity index (χ1n) is 6.41. The number of hydrogen-bond donors (Lipinski definition) is 2. The number of aromatic nitrogens is 1. The van der Waals surface area contributed by atoms with E-state index in [0.717, 1.165) is 12.1 Å². The summed E-state index contributed by atoms with van der Waals surface area (Å²) < 4.78 is 0. The molecule has 0 bridgehead atoms. The minimum atomic E-state index is -0.776. The molecule has 1 amide bonds. The van der Waals surface area contributed by atoms with Crippen molar-refractivity contribution in [2.75, 3.05) is 6.54 Å². The second kappa shape index (κ2) is 7.51. The first-order chi connectivity index (χ1) is 8.99. The number of nitrogens with one attached hydrogen (secondary N) is 1. The molecule has 0 aliphatic carbocycles. The first kappa shape index (κ1) is 15.1. The van der Waals surface area contributed by atoms with Crippen molar-refractivity contribution >= 4 is 11.9 Å². The van der Waals surface area contributed by atoms with Crippen molar-refractivity contribution in [1.82, 2.24) is 10.3 Å². The van der Waals surface area contributed by atoms with E-state index in [1.165, 1.54) is 0 Å². The monoisotopic (exact) mass is 264 g/mol. The Morgan fingerprint density at radius 3 is 2.68 bits per heavy atom. The summed E-state index contributed by atoms with van der Waals surface area (Å²) in [6.45, 7) is 4.40. The van der Waals surface area contributed by atoms with Gasteiger partial charge in [0.05, 0.1) is 5.56 Å². The quantitative estimate of drug-likeness (QED) is 0.789. The number of aliphatic carboxylic acids is 1. The summed E-state index contributed by atoms with van der Waals surface area (Å²) in [5.41, 5.74) is 1.42. The summed E-state index contributed by atoms with van der Waals surface area (Å²) >= 11 is 0. The fraction of sp³-hybridized carbons (Fsp3) is 0.500. The molecule has 1 aromatic heterocycles. The summed E-state index contributed by atoms with van der Waals surface area (Å²) in [5, 5.41) is 11.4. The predicted molar refractivity (Wildman–Crippen MR) is 72.0 cm³/mol. The molecule has 1 atom stereocenters. The molecule has 2 N–H and O–H groups in total. The average Bonchev–Trinajstić information content (AvgIpc) is 2.37. The van der Waals surface area contributed by atoms with Gasteiger partial charge in [-0.2, -0.15) is 0 Å². The van der Waals surface area contributed by atoms with E-state index in [9.17, 15) is 9.59 Å². The summed E-state index contributed by atoms with van der Waals surface area (Å²) in [4.78, 5) is 26.2. The molecule has 5 heteroatoms. The third-order valence-corrected chi connectivity index (χ3v) is 2.95. The lowest BCUT2D eigenvalue weighted by Crippen LogP contribution is -2.25. The van der Waals surface area contributed by atoms with E-state index in [1.807, 2.05) is 13.8 Å². The van der Waals surface area contributed by atoms with Crippen LogP contribution in [-0.2, 0) is 4.79 Å². The van der Waals surface area contributed by atoms with Crippen LogP contribution in [0.3, 0.4) is 0 Å². The van der Waals surface area contributed by atoms with E-state index in [2.05, 4.69) is 10.3 Å². The van der Waals surface area contributed by atoms with Crippen molar-refractivity contribution < 1.29 is 14.7 Å². The molecular formula is C14H20N2O3. The number of carbonyl (C=O) groups excluding carboxylic acids is 1. The Morgan fingerprint density at radius 1 is 1.37 bits per heavy atom. The highest BCUT2D eigenvalue weighted by Gasteiger charge is 2.08. The first-order valence-corrected chi connectivity index (χ1v) is 6.41. The average molecular weight is 264 g/mol. The summed E-state index contributed by atoms with van der Waals surface area (Å²) in [5.74, 6) is -0.632. The molecule has 104 valence electrons. The third-order valence-electron chi connectivity index (χ3n) is 2.95. The molecule has 19 heavy (non-hydrogen) atoms. The fourth-order valence-electron chi connectivity index (χ4n) is 1.65. The van der Waals surface area contributed by atoms with E-state index < -0.39 is 5.97 Å². The molecule has 1 unspecified atom stereocenters. The number of aryl methyl sites for hydroxylation is 1. The van der Waals surface area contributed by atoms with Gasteiger partial charge in [0.15, 0.2) is 0 Å². The standard InChI is InChI=1S/C14H20N2O3/c1-10(3-6-13(17)18)7-8-15-14(19)12-5-4-11(2)16-9-12/h4-5,9-10H,3,6-8H2,1-2H3,(H,15,19)(H,17,18). The molecule has 1 aromatic rings. The Morgan fingerprint density at radius 2 is 2.11 bits per heavy atom. The number of carbonyl (C=O) groups is 2. The van der Waals surface area contributed by atoms with Crippen LogP contribution in [0, 0.1) is 12.8 Å². The van der Waals surface area contributed by atoms with Gasteiger partial charge in [-0.3, -0.25) is 14.6 Å². The van der Waals surface area contributed by atoms with Crippen LogP contribution in [-0.4, -0.2) is 28.5 Å². The second-order valence-corrected chi connectivity index (χ2v) is 4.77. The van der Waals surface area contributed by atoms with Gasteiger partial charge < -0.3 is 10.4 Å². The number of carboxylic acids is 1. The highest BCUT2D eigenvalue weighted by molar-refractivity contribution is 5.93. The molecule has 1 heterocycles. The van der Waals surface area contributed by atoms with E-state index >= 15 is 0 Å². The Bertz CT molecular complexity index is 429. The molecular weight excluding hydrogens is 244 g/mol. The molecule has 5 nitrogen and oxygen atoms in total. The normalized spacial score (nSPS) is 11.9. The van der Waals surface area contributed by atoms with E-state index in [0.29, 0.717) is 18.5 Å². The highest BCUT2D eigenvalue weighted by atomic mass is 16.4. The van der Waals surface area contributed by atoms with Crippen molar-refractivity contribution in [2.45, 2.75) is 33.1 Å². The summed E-state index contributed by atoms with van der Waals surface area (Å²) in [7, 11) is 0. The van der Waals surface area contributed by atoms with Crippen LogP contribution >= 0.6 is 0 Å². The molecule has 0 saturated carbocycles. The minimum Gasteiger partial charge on any atom is -0.481 e. The molecule has 0 aliphatic heterocycles. The Labute approximate surface area is 113 Å². The van der Waals surface area contributed by atoms with Crippen LogP contribution in [0.5, 0.6) is 0 Å². The molecule has 1 rings (SSSR count). The molecule has 0 spiro atoms. The van der Waals surface area contributed by atoms with Gasteiger partial charge >= 0.3 is 5.97 Å².